The highest BCUT2D eigenvalue weighted by Gasteiger charge is 2.22. The van der Waals surface area contributed by atoms with Crippen LogP contribution in [0.5, 0.6) is 0 Å². The van der Waals surface area contributed by atoms with Crippen LogP contribution in [0.15, 0.2) is 9.95 Å². The molecule has 1 aliphatic carbocycles. The van der Waals surface area contributed by atoms with E-state index >= 15 is 0 Å². The van der Waals surface area contributed by atoms with Gasteiger partial charge in [-0.25, -0.2) is 4.98 Å². The zero-order valence-electron chi connectivity index (χ0n) is 16.5. The Morgan fingerprint density at radius 3 is 2.56 bits per heavy atom. The summed E-state index contributed by atoms with van der Waals surface area (Å²) < 4.78 is 1.74. The van der Waals surface area contributed by atoms with Crippen LogP contribution in [0.3, 0.4) is 0 Å². The molecule has 0 N–H and O–H groups in total. The van der Waals surface area contributed by atoms with Crippen molar-refractivity contribution in [3.8, 4) is 0 Å². The lowest BCUT2D eigenvalue weighted by Gasteiger charge is -2.21. The second kappa shape index (κ2) is 9.24. The van der Waals surface area contributed by atoms with E-state index in [-0.39, 0.29) is 11.5 Å². The summed E-state index contributed by atoms with van der Waals surface area (Å²) in [4.78, 5) is 34.6. The molecule has 2 heterocycles. The van der Waals surface area contributed by atoms with Gasteiger partial charge >= 0.3 is 0 Å². The predicted molar refractivity (Wildman–Crippen MR) is 114 cm³/mol. The molecule has 1 aliphatic rings. The lowest BCUT2D eigenvalue weighted by Crippen LogP contribution is -2.34. The first-order chi connectivity index (χ1) is 13.1. The van der Waals surface area contributed by atoms with Crippen molar-refractivity contribution in [1.82, 2.24) is 14.5 Å². The molecule has 2 aromatic heterocycles. The maximum atomic E-state index is 13.1. The lowest BCUT2D eigenvalue weighted by atomic mass is 9.97. The fourth-order valence-electron chi connectivity index (χ4n) is 3.73. The average Bonchev–Trinajstić information content (AvgIpc) is 3.04. The molecule has 2 aromatic rings. The number of nitrogens with zero attached hydrogens (tertiary/aromatic N) is 3. The van der Waals surface area contributed by atoms with Crippen LogP contribution in [0.4, 0.5) is 0 Å². The highest BCUT2D eigenvalue weighted by atomic mass is 32.2. The van der Waals surface area contributed by atoms with Crippen molar-refractivity contribution in [2.45, 2.75) is 71.0 Å². The van der Waals surface area contributed by atoms with Crippen molar-refractivity contribution >= 4 is 39.2 Å². The van der Waals surface area contributed by atoms with Gasteiger partial charge in [0.15, 0.2) is 5.16 Å². The zero-order chi connectivity index (χ0) is 19.4. The Kier molecular flexibility index (Phi) is 6.98. The van der Waals surface area contributed by atoms with Crippen molar-refractivity contribution in [3.63, 3.8) is 0 Å². The van der Waals surface area contributed by atoms with Gasteiger partial charge in [-0.2, -0.15) is 0 Å². The number of thioether (sulfide) groups is 1. The van der Waals surface area contributed by atoms with E-state index in [4.69, 9.17) is 4.98 Å². The molecule has 0 bridgehead atoms. The Hall–Kier alpha value is -1.34. The molecule has 0 spiro atoms. The molecule has 27 heavy (non-hydrogen) atoms. The molecule has 0 saturated carbocycles. The number of aromatic nitrogens is 2. The maximum absolute atomic E-state index is 13.1. The first-order valence-electron chi connectivity index (χ1n) is 10.1. The second-order valence-electron chi connectivity index (χ2n) is 7.00. The highest BCUT2D eigenvalue weighted by molar-refractivity contribution is 7.99. The normalized spacial score (nSPS) is 13.7. The standard InChI is InChI=1S/C20H29N3O2S2/c1-4-11-22(12-5-2)16(24)13-26-20-21-18-17(19(25)23(20)6-3)14-9-7-8-10-15(14)27-18/h4-13H2,1-3H3. The van der Waals surface area contributed by atoms with E-state index in [1.807, 2.05) is 11.8 Å². The van der Waals surface area contributed by atoms with E-state index in [9.17, 15) is 9.59 Å². The molecule has 1 amide bonds. The second-order valence-corrected chi connectivity index (χ2v) is 9.03. The van der Waals surface area contributed by atoms with Crippen LogP contribution in [0, 0.1) is 0 Å². The molecule has 0 fully saturated rings. The van der Waals surface area contributed by atoms with Gasteiger partial charge in [0.25, 0.3) is 5.56 Å². The molecule has 0 aliphatic heterocycles. The Labute approximate surface area is 169 Å². The number of hydrogen-bond acceptors (Lipinski definition) is 5. The van der Waals surface area contributed by atoms with Crippen LogP contribution in [0.2, 0.25) is 0 Å². The summed E-state index contributed by atoms with van der Waals surface area (Å²) in [5, 5.41) is 1.50. The third-order valence-electron chi connectivity index (χ3n) is 5.02. The van der Waals surface area contributed by atoms with Crippen LogP contribution in [-0.4, -0.2) is 39.2 Å². The van der Waals surface area contributed by atoms with Crippen LogP contribution >= 0.6 is 23.1 Å². The Morgan fingerprint density at radius 2 is 1.89 bits per heavy atom. The molecule has 0 aromatic carbocycles. The number of carbonyl (C=O) groups is 1. The first kappa shape index (κ1) is 20.4. The summed E-state index contributed by atoms with van der Waals surface area (Å²) in [5.74, 6) is 0.467. The van der Waals surface area contributed by atoms with Gasteiger partial charge in [-0.05, 0) is 51.0 Å². The van der Waals surface area contributed by atoms with Gasteiger partial charge in [0.2, 0.25) is 5.91 Å². The molecule has 0 saturated heterocycles. The molecule has 0 unspecified atom stereocenters. The molecule has 0 atom stereocenters. The van der Waals surface area contributed by atoms with E-state index in [0.29, 0.717) is 17.5 Å². The quantitative estimate of drug-likeness (QED) is 0.488. The van der Waals surface area contributed by atoms with Gasteiger partial charge in [0, 0.05) is 24.5 Å². The summed E-state index contributed by atoms with van der Waals surface area (Å²) in [7, 11) is 0. The van der Waals surface area contributed by atoms with Crippen LogP contribution < -0.4 is 5.56 Å². The highest BCUT2D eigenvalue weighted by Crippen LogP contribution is 2.34. The van der Waals surface area contributed by atoms with Gasteiger partial charge in [0.1, 0.15) is 4.83 Å². The Morgan fingerprint density at radius 1 is 1.19 bits per heavy atom. The molecular weight excluding hydrogens is 378 g/mol. The average molecular weight is 408 g/mol. The van der Waals surface area contributed by atoms with Crippen LogP contribution in [0.1, 0.15) is 56.9 Å². The third-order valence-corrected chi connectivity index (χ3v) is 7.17. The number of aryl methyl sites for hydroxylation is 2. The van der Waals surface area contributed by atoms with Crippen LogP contribution in [0.25, 0.3) is 10.2 Å². The molecule has 3 rings (SSSR count). The topological polar surface area (TPSA) is 55.2 Å². The third kappa shape index (κ3) is 4.24. The Balaban J connectivity index is 1.88. The number of fused-ring (bicyclic) bond motifs is 3. The van der Waals surface area contributed by atoms with Crippen molar-refractivity contribution in [2.75, 3.05) is 18.8 Å². The number of hydrogen-bond donors (Lipinski definition) is 0. The largest absolute Gasteiger partial charge is 0.342 e. The molecule has 7 heteroatoms. The van der Waals surface area contributed by atoms with Crippen molar-refractivity contribution in [1.29, 1.82) is 0 Å². The van der Waals surface area contributed by atoms with Gasteiger partial charge < -0.3 is 4.90 Å². The molecule has 0 radical (unpaired) electrons. The van der Waals surface area contributed by atoms with E-state index in [0.717, 1.165) is 55.4 Å². The van der Waals surface area contributed by atoms with Crippen molar-refractivity contribution < 1.29 is 4.79 Å². The number of amides is 1. The van der Waals surface area contributed by atoms with Crippen molar-refractivity contribution in [3.05, 3.63) is 20.8 Å². The summed E-state index contributed by atoms with van der Waals surface area (Å²) in [6.45, 7) is 8.31. The lowest BCUT2D eigenvalue weighted by molar-refractivity contribution is -0.128. The van der Waals surface area contributed by atoms with Crippen molar-refractivity contribution in [2.24, 2.45) is 0 Å². The summed E-state index contributed by atoms with van der Waals surface area (Å²) in [6.07, 6.45) is 6.32. The van der Waals surface area contributed by atoms with E-state index in [1.165, 1.54) is 28.6 Å². The number of thiophene rings is 1. The number of rotatable bonds is 8. The fourth-order valence-corrected chi connectivity index (χ4v) is 6.00. The molecular formula is C20H29N3O2S2. The zero-order valence-corrected chi connectivity index (χ0v) is 18.2. The van der Waals surface area contributed by atoms with E-state index < -0.39 is 0 Å². The van der Waals surface area contributed by atoms with Gasteiger partial charge in [0.05, 0.1) is 11.1 Å². The first-order valence-corrected chi connectivity index (χ1v) is 11.9. The summed E-state index contributed by atoms with van der Waals surface area (Å²) >= 11 is 3.07. The minimum Gasteiger partial charge on any atom is -0.342 e. The smallest absolute Gasteiger partial charge is 0.263 e. The number of carbonyl (C=O) groups excluding carboxylic acids is 1. The predicted octanol–water partition coefficient (Wildman–Crippen LogP) is 4.10. The van der Waals surface area contributed by atoms with E-state index in [2.05, 4.69) is 13.8 Å². The maximum Gasteiger partial charge on any atom is 0.263 e. The Bertz CT molecular complexity index is 866. The van der Waals surface area contributed by atoms with Crippen LogP contribution in [-0.2, 0) is 24.2 Å². The van der Waals surface area contributed by atoms with E-state index in [1.54, 1.807) is 15.9 Å². The van der Waals surface area contributed by atoms with Gasteiger partial charge in [-0.3, -0.25) is 14.2 Å². The molecule has 5 nitrogen and oxygen atoms in total. The SMILES string of the molecule is CCCN(CCC)C(=O)CSc1nc2sc3c(c2c(=O)n1CC)CCCC3. The summed E-state index contributed by atoms with van der Waals surface area (Å²) in [6, 6.07) is 0. The fraction of sp³-hybridized carbons (Fsp3) is 0.650. The monoisotopic (exact) mass is 407 g/mol. The minimum absolute atomic E-state index is 0.0656. The van der Waals surface area contributed by atoms with Gasteiger partial charge in [-0.1, -0.05) is 25.6 Å². The minimum atomic E-state index is 0.0656. The van der Waals surface area contributed by atoms with Gasteiger partial charge in [-0.15, -0.1) is 11.3 Å². The molecule has 148 valence electrons. The summed E-state index contributed by atoms with van der Waals surface area (Å²) in [5.41, 5.74) is 1.29.